The molecule has 2 aromatic rings. The van der Waals surface area contributed by atoms with E-state index in [2.05, 4.69) is 32.8 Å². The van der Waals surface area contributed by atoms with Crippen molar-refractivity contribution in [2.75, 3.05) is 18.1 Å². The third kappa shape index (κ3) is 4.36. The van der Waals surface area contributed by atoms with Crippen molar-refractivity contribution in [3.63, 3.8) is 0 Å². The van der Waals surface area contributed by atoms with Gasteiger partial charge in [0.05, 0.1) is 12.3 Å². The van der Waals surface area contributed by atoms with E-state index in [1.54, 1.807) is 0 Å². The van der Waals surface area contributed by atoms with Crippen molar-refractivity contribution in [1.29, 1.82) is 5.26 Å². The maximum Gasteiger partial charge on any atom is 0.222 e. The summed E-state index contributed by atoms with van der Waals surface area (Å²) in [6.07, 6.45) is 4.46. The van der Waals surface area contributed by atoms with Gasteiger partial charge >= 0.3 is 0 Å². The highest BCUT2D eigenvalue weighted by molar-refractivity contribution is 9.10. The summed E-state index contributed by atoms with van der Waals surface area (Å²) in [5.41, 5.74) is 12.7. The number of aromatic nitrogens is 2. The Morgan fingerprint density at radius 2 is 2.00 bits per heavy atom. The number of hydrogen-bond acceptors (Lipinski definition) is 6. The number of rotatable bonds is 7. The molecular formula is C17H20BrN5O. The van der Waals surface area contributed by atoms with E-state index in [1.807, 2.05) is 24.3 Å². The third-order valence-corrected chi connectivity index (χ3v) is 4.01. The fourth-order valence-corrected chi connectivity index (χ4v) is 2.69. The van der Waals surface area contributed by atoms with Crippen molar-refractivity contribution in [3.8, 4) is 23.1 Å². The van der Waals surface area contributed by atoms with Crippen molar-refractivity contribution in [2.45, 2.75) is 32.6 Å². The van der Waals surface area contributed by atoms with Crippen LogP contribution in [0, 0.1) is 11.3 Å². The molecule has 0 spiro atoms. The minimum Gasteiger partial charge on any atom is -0.493 e. The molecule has 1 heterocycles. The Hall–Kier alpha value is -2.33. The van der Waals surface area contributed by atoms with Crippen molar-refractivity contribution in [3.05, 3.63) is 28.2 Å². The number of ether oxygens (including phenoxy) is 1. The maximum atomic E-state index is 9.38. The molecule has 0 atom stereocenters. The minimum atomic E-state index is 0.0235. The molecule has 7 heteroatoms. The van der Waals surface area contributed by atoms with Crippen LogP contribution in [-0.2, 0) is 0 Å². The fraction of sp³-hybridized carbons (Fsp3) is 0.353. The Morgan fingerprint density at radius 1 is 1.21 bits per heavy atom. The number of hydrogen-bond donors (Lipinski definition) is 2. The van der Waals surface area contributed by atoms with Crippen molar-refractivity contribution < 1.29 is 4.74 Å². The molecule has 24 heavy (non-hydrogen) atoms. The minimum absolute atomic E-state index is 0.0235. The molecule has 0 radical (unpaired) electrons. The Bertz CT molecular complexity index is 757. The molecule has 1 aromatic carbocycles. The highest BCUT2D eigenvalue weighted by Gasteiger charge is 2.17. The van der Waals surface area contributed by atoms with Crippen LogP contribution in [0.3, 0.4) is 0 Å². The average molecular weight is 390 g/mol. The van der Waals surface area contributed by atoms with E-state index in [1.165, 1.54) is 12.8 Å². The van der Waals surface area contributed by atoms with E-state index < -0.39 is 0 Å². The number of unbranched alkanes of at least 4 members (excludes halogenated alkanes) is 3. The van der Waals surface area contributed by atoms with E-state index in [-0.39, 0.29) is 17.3 Å². The summed E-state index contributed by atoms with van der Waals surface area (Å²) in [5, 5.41) is 9.38. The molecule has 6 nitrogen and oxygen atoms in total. The second-order valence-electron chi connectivity index (χ2n) is 5.35. The van der Waals surface area contributed by atoms with Crippen LogP contribution in [0.2, 0.25) is 0 Å². The van der Waals surface area contributed by atoms with Gasteiger partial charge in [0.2, 0.25) is 5.95 Å². The molecule has 0 aliphatic rings. The van der Waals surface area contributed by atoms with Crippen LogP contribution < -0.4 is 16.2 Å². The number of nitrogen functional groups attached to an aromatic ring is 2. The van der Waals surface area contributed by atoms with Crippen molar-refractivity contribution in [2.24, 2.45) is 0 Å². The van der Waals surface area contributed by atoms with Gasteiger partial charge in [0, 0.05) is 10.0 Å². The Balaban J connectivity index is 2.36. The van der Waals surface area contributed by atoms with Gasteiger partial charge in [-0.1, -0.05) is 42.1 Å². The Labute approximate surface area is 150 Å². The van der Waals surface area contributed by atoms with Gasteiger partial charge in [-0.3, -0.25) is 0 Å². The molecular weight excluding hydrogens is 370 g/mol. The molecule has 0 saturated heterocycles. The van der Waals surface area contributed by atoms with Crippen molar-refractivity contribution in [1.82, 2.24) is 9.97 Å². The number of nitrogens with two attached hydrogens (primary N) is 2. The second kappa shape index (κ2) is 8.50. The first-order valence-electron chi connectivity index (χ1n) is 7.82. The second-order valence-corrected chi connectivity index (χ2v) is 6.27. The molecule has 0 bridgehead atoms. The van der Waals surface area contributed by atoms with Gasteiger partial charge < -0.3 is 16.2 Å². The third-order valence-electron chi connectivity index (χ3n) is 3.52. The summed E-state index contributed by atoms with van der Waals surface area (Å²) in [6, 6.07) is 7.60. The fourth-order valence-electron chi connectivity index (χ4n) is 2.33. The highest BCUT2D eigenvalue weighted by atomic mass is 79.9. The van der Waals surface area contributed by atoms with E-state index in [4.69, 9.17) is 16.2 Å². The SMILES string of the molecule is CCCCCCOc1ccc(Br)cc1-c1nc(N)nc(N)c1C#N. The zero-order chi connectivity index (χ0) is 17.5. The van der Waals surface area contributed by atoms with Crippen LogP contribution in [-0.4, -0.2) is 16.6 Å². The smallest absolute Gasteiger partial charge is 0.222 e. The van der Waals surface area contributed by atoms with E-state index in [0.717, 1.165) is 17.3 Å². The lowest BCUT2D eigenvalue weighted by Crippen LogP contribution is -2.06. The molecule has 126 valence electrons. The molecule has 0 unspecified atom stereocenters. The Kier molecular flexibility index (Phi) is 6.38. The Morgan fingerprint density at radius 3 is 2.71 bits per heavy atom. The van der Waals surface area contributed by atoms with E-state index in [0.29, 0.717) is 23.6 Å². The molecule has 4 N–H and O–H groups in total. The quantitative estimate of drug-likeness (QED) is 0.694. The summed E-state index contributed by atoms with van der Waals surface area (Å²) in [6.45, 7) is 2.77. The largest absolute Gasteiger partial charge is 0.493 e. The summed E-state index contributed by atoms with van der Waals surface area (Å²) >= 11 is 3.44. The van der Waals surface area contributed by atoms with E-state index in [9.17, 15) is 5.26 Å². The number of anilines is 2. The maximum absolute atomic E-state index is 9.38. The van der Waals surface area contributed by atoms with Gasteiger partial charge in [0.1, 0.15) is 23.2 Å². The number of halogens is 1. The summed E-state index contributed by atoms with van der Waals surface area (Å²) in [4.78, 5) is 8.05. The first-order valence-corrected chi connectivity index (χ1v) is 8.62. The normalized spacial score (nSPS) is 10.4. The molecule has 2 rings (SSSR count). The van der Waals surface area contributed by atoms with Crippen LogP contribution in [0.5, 0.6) is 5.75 Å². The standard InChI is InChI=1S/C17H20BrN5O/c1-2-3-4-5-8-24-14-7-6-11(18)9-12(14)15-13(10-19)16(20)23-17(21)22-15/h6-7,9H,2-5,8H2,1H3,(H4,20,21,22,23). The van der Waals surface area contributed by atoms with Crippen LogP contribution in [0.25, 0.3) is 11.3 Å². The van der Waals surface area contributed by atoms with Gasteiger partial charge in [-0.2, -0.15) is 10.2 Å². The highest BCUT2D eigenvalue weighted by Crippen LogP contribution is 2.35. The molecule has 1 aromatic heterocycles. The average Bonchev–Trinajstić information content (AvgIpc) is 2.55. The van der Waals surface area contributed by atoms with Crippen LogP contribution >= 0.6 is 15.9 Å². The molecule has 0 fully saturated rings. The number of benzene rings is 1. The lowest BCUT2D eigenvalue weighted by atomic mass is 10.1. The zero-order valence-corrected chi connectivity index (χ0v) is 15.1. The monoisotopic (exact) mass is 389 g/mol. The summed E-state index contributed by atoms with van der Waals surface area (Å²) in [7, 11) is 0. The summed E-state index contributed by atoms with van der Waals surface area (Å²) < 4.78 is 6.74. The first kappa shape index (κ1) is 18.0. The predicted molar refractivity (Wildman–Crippen MR) is 98.3 cm³/mol. The molecule has 0 saturated carbocycles. The van der Waals surface area contributed by atoms with Crippen molar-refractivity contribution >= 4 is 27.7 Å². The number of nitriles is 1. The van der Waals surface area contributed by atoms with E-state index >= 15 is 0 Å². The van der Waals surface area contributed by atoms with Gasteiger partial charge in [-0.15, -0.1) is 0 Å². The zero-order valence-electron chi connectivity index (χ0n) is 13.6. The predicted octanol–water partition coefficient (Wildman–Crippen LogP) is 3.90. The topological polar surface area (TPSA) is 111 Å². The lowest BCUT2D eigenvalue weighted by Gasteiger charge is -2.13. The lowest BCUT2D eigenvalue weighted by molar-refractivity contribution is 0.306. The molecule has 0 aliphatic heterocycles. The van der Waals surface area contributed by atoms with Crippen LogP contribution in [0.1, 0.15) is 38.2 Å². The first-order chi connectivity index (χ1) is 11.6. The van der Waals surface area contributed by atoms with Gasteiger partial charge in [0.15, 0.2) is 0 Å². The van der Waals surface area contributed by atoms with Crippen LogP contribution in [0.15, 0.2) is 22.7 Å². The summed E-state index contributed by atoms with van der Waals surface area (Å²) in [5.74, 6) is 0.730. The van der Waals surface area contributed by atoms with Crippen LogP contribution in [0.4, 0.5) is 11.8 Å². The number of nitrogens with zero attached hydrogens (tertiary/aromatic N) is 3. The molecule has 0 amide bonds. The van der Waals surface area contributed by atoms with Gasteiger partial charge in [0.25, 0.3) is 0 Å². The molecule has 0 aliphatic carbocycles. The van der Waals surface area contributed by atoms with Gasteiger partial charge in [-0.05, 0) is 24.6 Å². The van der Waals surface area contributed by atoms with Gasteiger partial charge in [-0.25, -0.2) is 4.98 Å².